The van der Waals surface area contributed by atoms with Crippen LogP contribution in [-0.4, -0.2) is 12.8 Å². The number of benzene rings is 3. The largest absolute Gasteiger partial charge is 0.513 e. The molecule has 0 spiro atoms. The van der Waals surface area contributed by atoms with Crippen LogP contribution in [0.5, 0.6) is 5.75 Å². The molecule has 0 atom stereocenters. The summed E-state index contributed by atoms with van der Waals surface area (Å²) in [4.78, 5) is 12.3. The minimum Gasteiger partial charge on any atom is -0.434 e. The van der Waals surface area contributed by atoms with Crippen LogP contribution in [0.4, 0.5) is 4.79 Å². The summed E-state index contributed by atoms with van der Waals surface area (Å²) in [6.07, 6.45) is 10.5. The number of hydrogen-bond acceptors (Lipinski definition) is 3. The monoisotopic (exact) mass is 392 g/mol. The van der Waals surface area contributed by atoms with E-state index in [-0.39, 0.29) is 0 Å². The zero-order valence-electron chi connectivity index (χ0n) is 17.5. The third-order valence-electron chi connectivity index (χ3n) is 5.38. The van der Waals surface area contributed by atoms with E-state index >= 15 is 0 Å². The number of fused-ring (bicyclic) bond motifs is 2. The Balaban J connectivity index is 1.48. The van der Waals surface area contributed by atoms with Gasteiger partial charge >= 0.3 is 6.16 Å². The van der Waals surface area contributed by atoms with Crippen LogP contribution in [0, 0.1) is 0 Å². The summed E-state index contributed by atoms with van der Waals surface area (Å²) in [6, 6.07) is 18.0. The smallest absolute Gasteiger partial charge is 0.434 e. The Kier molecular flexibility index (Phi) is 8.36. The first-order valence-electron chi connectivity index (χ1n) is 11.0. The molecular weight excluding hydrogens is 360 g/mol. The van der Waals surface area contributed by atoms with Crippen molar-refractivity contribution >= 4 is 27.7 Å². The van der Waals surface area contributed by atoms with Crippen LogP contribution in [0.2, 0.25) is 0 Å². The van der Waals surface area contributed by atoms with Crippen LogP contribution in [0.3, 0.4) is 0 Å². The van der Waals surface area contributed by atoms with Crippen molar-refractivity contribution in [2.75, 3.05) is 6.61 Å². The van der Waals surface area contributed by atoms with Crippen molar-refractivity contribution in [3.8, 4) is 5.75 Å². The van der Waals surface area contributed by atoms with Gasteiger partial charge in [-0.25, -0.2) is 4.79 Å². The Hall–Kier alpha value is -2.55. The standard InChI is InChI=1S/C26H32O3/c1-2-3-4-5-6-7-8-9-14-19-28-26(27)29-25-23-17-12-10-15-21(23)20-22-16-11-13-18-24(22)25/h10-13,15-18,20H,2-9,14,19H2,1H3. The van der Waals surface area contributed by atoms with Crippen molar-refractivity contribution in [1.82, 2.24) is 0 Å². The van der Waals surface area contributed by atoms with E-state index in [4.69, 9.17) is 9.47 Å². The third kappa shape index (κ3) is 6.22. The van der Waals surface area contributed by atoms with E-state index in [1.165, 1.54) is 44.9 Å². The number of carbonyl (C=O) groups excluding carboxylic acids is 1. The molecule has 29 heavy (non-hydrogen) atoms. The normalized spacial score (nSPS) is 11.1. The van der Waals surface area contributed by atoms with E-state index in [0.29, 0.717) is 12.4 Å². The number of carbonyl (C=O) groups is 1. The lowest BCUT2D eigenvalue weighted by Gasteiger charge is -2.12. The van der Waals surface area contributed by atoms with Gasteiger partial charge in [-0.3, -0.25) is 0 Å². The number of rotatable bonds is 11. The molecule has 0 aliphatic carbocycles. The summed E-state index contributed by atoms with van der Waals surface area (Å²) >= 11 is 0. The summed E-state index contributed by atoms with van der Waals surface area (Å²) in [5.41, 5.74) is 0. The van der Waals surface area contributed by atoms with Gasteiger partial charge in [-0.2, -0.15) is 0 Å². The van der Waals surface area contributed by atoms with Crippen molar-refractivity contribution in [1.29, 1.82) is 0 Å². The zero-order valence-corrected chi connectivity index (χ0v) is 17.5. The predicted molar refractivity (Wildman–Crippen MR) is 121 cm³/mol. The number of unbranched alkanes of at least 4 members (excludes halogenated alkanes) is 8. The summed E-state index contributed by atoms with van der Waals surface area (Å²) in [7, 11) is 0. The lowest BCUT2D eigenvalue weighted by molar-refractivity contribution is 0.0982. The molecule has 0 aliphatic rings. The van der Waals surface area contributed by atoms with Gasteiger partial charge in [0.15, 0.2) is 0 Å². The van der Waals surface area contributed by atoms with Crippen LogP contribution in [0.1, 0.15) is 64.7 Å². The molecule has 154 valence electrons. The minimum atomic E-state index is -0.619. The molecule has 0 amide bonds. The second-order valence-electron chi connectivity index (χ2n) is 7.68. The van der Waals surface area contributed by atoms with Gasteiger partial charge in [-0.1, -0.05) is 107 Å². The molecule has 3 aromatic carbocycles. The fourth-order valence-corrected chi connectivity index (χ4v) is 3.76. The third-order valence-corrected chi connectivity index (χ3v) is 5.38. The van der Waals surface area contributed by atoms with Gasteiger partial charge in [0.1, 0.15) is 5.75 Å². The average molecular weight is 393 g/mol. The predicted octanol–water partition coefficient (Wildman–Crippen LogP) is 8.04. The second-order valence-corrected chi connectivity index (χ2v) is 7.68. The second kappa shape index (κ2) is 11.5. The summed E-state index contributed by atoms with van der Waals surface area (Å²) < 4.78 is 11.0. The first-order chi connectivity index (χ1) is 14.3. The highest BCUT2D eigenvalue weighted by Crippen LogP contribution is 2.35. The average Bonchev–Trinajstić information content (AvgIpc) is 2.75. The van der Waals surface area contributed by atoms with Gasteiger partial charge in [0.2, 0.25) is 0 Å². The van der Waals surface area contributed by atoms with Gasteiger partial charge in [-0.15, -0.1) is 0 Å². The maximum atomic E-state index is 12.3. The molecule has 3 rings (SSSR count). The maximum absolute atomic E-state index is 12.3. The summed E-state index contributed by atoms with van der Waals surface area (Å²) in [5.74, 6) is 0.579. The van der Waals surface area contributed by atoms with E-state index in [9.17, 15) is 4.79 Å². The molecule has 0 saturated heterocycles. The molecule has 0 aromatic heterocycles. The molecular formula is C26H32O3. The molecule has 3 aromatic rings. The Bertz CT molecular complexity index is 862. The van der Waals surface area contributed by atoms with Crippen LogP contribution in [0.15, 0.2) is 54.6 Å². The quantitative estimate of drug-likeness (QED) is 0.143. The lowest BCUT2D eigenvalue weighted by Crippen LogP contribution is -2.12. The van der Waals surface area contributed by atoms with E-state index in [2.05, 4.69) is 13.0 Å². The number of ether oxygens (including phenoxy) is 2. The van der Waals surface area contributed by atoms with Crippen LogP contribution >= 0.6 is 0 Å². The van der Waals surface area contributed by atoms with Crippen molar-refractivity contribution in [2.45, 2.75) is 64.7 Å². The molecule has 0 unspecified atom stereocenters. The molecule has 0 N–H and O–H groups in total. The van der Waals surface area contributed by atoms with E-state index in [0.717, 1.165) is 34.4 Å². The Morgan fingerprint density at radius 1 is 0.724 bits per heavy atom. The van der Waals surface area contributed by atoms with Crippen molar-refractivity contribution in [2.24, 2.45) is 0 Å². The van der Waals surface area contributed by atoms with E-state index in [1.807, 2.05) is 48.5 Å². The van der Waals surface area contributed by atoms with Crippen molar-refractivity contribution < 1.29 is 14.3 Å². The fraction of sp³-hybridized carbons (Fsp3) is 0.423. The first-order valence-corrected chi connectivity index (χ1v) is 11.0. The fourth-order valence-electron chi connectivity index (χ4n) is 3.76. The summed E-state index contributed by atoms with van der Waals surface area (Å²) in [5, 5.41) is 3.94. The van der Waals surface area contributed by atoms with Gasteiger partial charge in [-0.05, 0) is 23.3 Å². The first kappa shape index (κ1) is 21.2. The van der Waals surface area contributed by atoms with Gasteiger partial charge in [0.25, 0.3) is 0 Å². The molecule has 3 heteroatoms. The molecule has 0 aliphatic heterocycles. The molecule has 0 heterocycles. The SMILES string of the molecule is CCCCCCCCCCCOC(=O)Oc1c2ccccc2cc2ccccc12. The lowest BCUT2D eigenvalue weighted by atomic mass is 10.0. The van der Waals surface area contributed by atoms with Gasteiger partial charge in [0, 0.05) is 10.8 Å². The minimum absolute atomic E-state index is 0.414. The van der Waals surface area contributed by atoms with Gasteiger partial charge in [0.05, 0.1) is 6.61 Å². The number of hydrogen-bond donors (Lipinski definition) is 0. The Morgan fingerprint density at radius 2 is 1.24 bits per heavy atom. The molecule has 0 radical (unpaired) electrons. The van der Waals surface area contributed by atoms with Crippen molar-refractivity contribution in [3.63, 3.8) is 0 Å². The molecule has 0 bridgehead atoms. The van der Waals surface area contributed by atoms with Crippen molar-refractivity contribution in [3.05, 3.63) is 54.6 Å². The van der Waals surface area contributed by atoms with E-state index in [1.54, 1.807) is 0 Å². The summed E-state index contributed by atoms with van der Waals surface area (Å²) in [6.45, 7) is 2.66. The van der Waals surface area contributed by atoms with Crippen LogP contribution < -0.4 is 4.74 Å². The molecule has 0 saturated carbocycles. The van der Waals surface area contributed by atoms with E-state index < -0.39 is 6.16 Å². The molecule has 0 fully saturated rings. The Morgan fingerprint density at radius 3 is 1.83 bits per heavy atom. The van der Waals surface area contributed by atoms with Gasteiger partial charge < -0.3 is 9.47 Å². The maximum Gasteiger partial charge on any atom is 0.513 e. The Labute approximate surface area is 174 Å². The highest BCUT2D eigenvalue weighted by atomic mass is 16.7. The highest BCUT2D eigenvalue weighted by molar-refractivity contribution is 6.06. The topological polar surface area (TPSA) is 35.5 Å². The molecule has 3 nitrogen and oxygen atoms in total. The van der Waals surface area contributed by atoms with Crippen LogP contribution in [0.25, 0.3) is 21.5 Å². The zero-order chi connectivity index (χ0) is 20.3. The van der Waals surface area contributed by atoms with Crippen LogP contribution in [-0.2, 0) is 4.74 Å². The highest BCUT2D eigenvalue weighted by Gasteiger charge is 2.13.